The third-order valence-electron chi connectivity index (χ3n) is 6.12. The highest BCUT2D eigenvalue weighted by atomic mass is 35.5. The predicted molar refractivity (Wildman–Crippen MR) is 119 cm³/mol. The topological polar surface area (TPSA) is 88.9 Å². The average molecular weight is 459 g/mol. The van der Waals surface area contributed by atoms with Crippen LogP contribution >= 0.6 is 11.6 Å². The fraction of sp³-hybridized carbons (Fsp3) is 0.455. The van der Waals surface area contributed by atoms with Crippen molar-refractivity contribution in [3.8, 4) is 17.0 Å². The van der Waals surface area contributed by atoms with Gasteiger partial charge < -0.3 is 9.64 Å². The van der Waals surface area contributed by atoms with Crippen molar-refractivity contribution in [1.82, 2.24) is 25.0 Å². The van der Waals surface area contributed by atoms with E-state index in [2.05, 4.69) is 20.3 Å². The zero-order chi connectivity index (χ0) is 22.4. The summed E-state index contributed by atoms with van der Waals surface area (Å²) in [6, 6.07) is 3.19. The average Bonchev–Trinajstić information content (AvgIpc) is 3.37. The summed E-state index contributed by atoms with van der Waals surface area (Å²) in [4.78, 5) is 17.6. The largest absolute Gasteiger partial charge is 0.472 e. The molecule has 1 atom stereocenters. The number of aromatic amines is 1. The van der Waals surface area contributed by atoms with Gasteiger partial charge in [0.2, 0.25) is 11.8 Å². The Morgan fingerprint density at radius 3 is 2.88 bits per heavy atom. The van der Waals surface area contributed by atoms with Crippen molar-refractivity contribution >= 4 is 17.3 Å². The van der Waals surface area contributed by atoms with Crippen LogP contribution in [0, 0.1) is 25.7 Å². The summed E-state index contributed by atoms with van der Waals surface area (Å²) in [5.74, 6) is 0.335. The maximum absolute atomic E-state index is 14.4. The lowest BCUT2D eigenvalue weighted by atomic mass is 10.1. The Morgan fingerprint density at radius 2 is 2.09 bits per heavy atom. The summed E-state index contributed by atoms with van der Waals surface area (Å²) in [5.41, 5.74) is 3.65. The van der Waals surface area contributed by atoms with Gasteiger partial charge in [0.15, 0.2) is 0 Å². The normalized spacial score (nSPS) is 18.4. The molecule has 1 N–H and O–H groups in total. The zero-order valence-corrected chi connectivity index (χ0v) is 18.7. The van der Waals surface area contributed by atoms with Crippen LogP contribution in [-0.4, -0.2) is 44.2 Å². The lowest BCUT2D eigenvalue weighted by molar-refractivity contribution is 0.213. The second kappa shape index (κ2) is 8.20. The Kier molecular flexibility index (Phi) is 5.36. The van der Waals surface area contributed by atoms with Gasteiger partial charge in [-0.1, -0.05) is 11.6 Å². The molecule has 0 amide bonds. The van der Waals surface area contributed by atoms with Crippen LogP contribution < -0.4 is 15.2 Å². The lowest BCUT2D eigenvalue weighted by Gasteiger charge is -2.19. The number of nitrogens with one attached hydrogen (secondary N) is 1. The van der Waals surface area contributed by atoms with Crippen molar-refractivity contribution < 1.29 is 9.13 Å². The van der Waals surface area contributed by atoms with Crippen LogP contribution in [0.15, 0.2) is 23.1 Å². The molecule has 0 aromatic carbocycles. The number of pyridine rings is 1. The van der Waals surface area contributed by atoms with E-state index in [1.807, 2.05) is 23.4 Å². The highest BCUT2D eigenvalue weighted by Gasteiger charge is 2.28. The van der Waals surface area contributed by atoms with Crippen LogP contribution in [0.4, 0.5) is 10.1 Å². The molecule has 8 nitrogen and oxygen atoms in total. The number of hydrogen-bond donors (Lipinski definition) is 1. The van der Waals surface area contributed by atoms with Gasteiger partial charge in [-0.05, 0) is 38.2 Å². The number of ether oxygens (including phenoxy) is 1. The third kappa shape index (κ3) is 4.09. The molecule has 1 aliphatic carbocycles. The Bertz CT molecular complexity index is 1220. The molecule has 1 saturated carbocycles. The van der Waals surface area contributed by atoms with Crippen LogP contribution in [0.2, 0.25) is 5.02 Å². The van der Waals surface area contributed by atoms with E-state index in [0.717, 1.165) is 23.5 Å². The Balaban J connectivity index is 1.36. The summed E-state index contributed by atoms with van der Waals surface area (Å²) in [6.45, 7) is 6.00. The van der Waals surface area contributed by atoms with Gasteiger partial charge in [-0.25, -0.2) is 5.10 Å². The zero-order valence-electron chi connectivity index (χ0n) is 17.9. The summed E-state index contributed by atoms with van der Waals surface area (Å²) < 4.78 is 22.5. The first kappa shape index (κ1) is 20.9. The van der Waals surface area contributed by atoms with Crippen LogP contribution in [0.25, 0.3) is 11.1 Å². The second-order valence-corrected chi connectivity index (χ2v) is 8.94. The number of rotatable bonds is 6. The van der Waals surface area contributed by atoms with E-state index < -0.39 is 11.5 Å². The Labute approximate surface area is 189 Å². The molecular weight excluding hydrogens is 435 g/mol. The fourth-order valence-corrected chi connectivity index (χ4v) is 4.53. The fourth-order valence-electron chi connectivity index (χ4n) is 4.32. The molecule has 1 aliphatic heterocycles. The number of aryl methyl sites for hydroxylation is 1. The third-order valence-corrected chi connectivity index (χ3v) is 6.48. The summed E-state index contributed by atoms with van der Waals surface area (Å²) in [6.07, 6.45) is 4.48. The maximum Gasteiger partial charge on any atom is 0.285 e. The molecule has 3 aromatic rings. The van der Waals surface area contributed by atoms with E-state index in [-0.39, 0.29) is 17.0 Å². The highest BCUT2D eigenvalue weighted by Crippen LogP contribution is 2.34. The number of anilines is 1. The molecule has 0 bridgehead atoms. The predicted octanol–water partition coefficient (Wildman–Crippen LogP) is 3.51. The minimum absolute atomic E-state index is 0.0981. The van der Waals surface area contributed by atoms with Gasteiger partial charge in [-0.15, -0.1) is 0 Å². The van der Waals surface area contributed by atoms with Gasteiger partial charge in [0, 0.05) is 42.9 Å². The highest BCUT2D eigenvalue weighted by molar-refractivity contribution is 6.33. The molecular formula is C22H24ClFN6O2. The number of nitrogens with zero attached hydrogens (tertiary/aromatic N) is 5. The number of hydrogen-bond acceptors (Lipinski definition) is 6. The standard InChI is InChI=1S/C22H24ClFN6O2/c1-12-20(13(2)30(28-12)10-14-3-4-14)15-7-18(24)26-19(8-15)32-16-5-6-29(11-16)17-9-25-27-22(31)21(17)23/h7-9,14,16H,3-6,10-11H2,1-2H3,(H,27,31)/t16-/m1/s1. The van der Waals surface area contributed by atoms with Crippen molar-refractivity contribution in [2.24, 2.45) is 5.92 Å². The molecule has 168 valence electrons. The van der Waals surface area contributed by atoms with Crippen LogP contribution in [-0.2, 0) is 6.54 Å². The van der Waals surface area contributed by atoms with Gasteiger partial charge >= 0.3 is 0 Å². The second-order valence-electron chi connectivity index (χ2n) is 8.56. The quantitative estimate of drug-likeness (QED) is 0.569. The molecule has 0 radical (unpaired) electrons. The molecule has 2 aliphatic rings. The van der Waals surface area contributed by atoms with Gasteiger partial charge in [0.25, 0.3) is 5.56 Å². The number of H-pyrrole nitrogens is 1. The van der Waals surface area contributed by atoms with E-state index in [1.165, 1.54) is 25.1 Å². The van der Waals surface area contributed by atoms with Crippen molar-refractivity contribution in [2.75, 3.05) is 18.0 Å². The van der Waals surface area contributed by atoms with Crippen molar-refractivity contribution in [3.63, 3.8) is 0 Å². The van der Waals surface area contributed by atoms with E-state index in [4.69, 9.17) is 16.3 Å². The molecule has 0 spiro atoms. The molecule has 10 heteroatoms. The molecule has 4 heterocycles. The smallest absolute Gasteiger partial charge is 0.285 e. The minimum atomic E-state index is -0.595. The lowest BCUT2D eigenvalue weighted by Crippen LogP contribution is -2.26. The number of halogens is 2. The summed E-state index contributed by atoms with van der Waals surface area (Å²) in [5, 5.41) is 10.9. The van der Waals surface area contributed by atoms with Gasteiger partial charge in [-0.2, -0.15) is 19.6 Å². The Morgan fingerprint density at radius 1 is 1.28 bits per heavy atom. The monoisotopic (exact) mass is 458 g/mol. The molecule has 0 unspecified atom stereocenters. The summed E-state index contributed by atoms with van der Waals surface area (Å²) >= 11 is 6.12. The molecule has 2 fully saturated rings. The van der Waals surface area contributed by atoms with Gasteiger partial charge in [-0.3, -0.25) is 9.48 Å². The van der Waals surface area contributed by atoms with Crippen LogP contribution in [0.1, 0.15) is 30.7 Å². The molecule has 1 saturated heterocycles. The SMILES string of the molecule is Cc1nn(CC2CC2)c(C)c1-c1cc(F)nc(O[C@@H]2CCN(c3cn[nH]c(=O)c3Cl)C2)c1. The van der Waals surface area contributed by atoms with E-state index in [1.54, 1.807) is 6.07 Å². The van der Waals surface area contributed by atoms with Gasteiger partial charge in [0.1, 0.15) is 11.1 Å². The number of aromatic nitrogens is 5. The van der Waals surface area contributed by atoms with Crippen molar-refractivity contribution in [1.29, 1.82) is 0 Å². The molecule has 32 heavy (non-hydrogen) atoms. The first-order chi connectivity index (χ1) is 15.4. The first-order valence-corrected chi connectivity index (χ1v) is 11.1. The van der Waals surface area contributed by atoms with Crippen LogP contribution in [0.5, 0.6) is 5.88 Å². The first-order valence-electron chi connectivity index (χ1n) is 10.8. The molecule has 5 rings (SSSR count). The van der Waals surface area contributed by atoms with Crippen LogP contribution in [0.3, 0.4) is 0 Å². The summed E-state index contributed by atoms with van der Waals surface area (Å²) in [7, 11) is 0. The van der Waals surface area contributed by atoms with E-state index in [0.29, 0.717) is 36.7 Å². The maximum atomic E-state index is 14.4. The van der Waals surface area contributed by atoms with Crippen molar-refractivity contribution in [3.05, 3.63) is 51.0 Å². The van der Waals surface area contributed by atoms with Crippen molar-refractivity contribution in [2.45, 2.75) is 45.8 Å². The Hall–Kier alpha value is -2.94. The van der Waals surface area contributed by atoms with E-state index in [9.17, 15) is 9.18 Å². The van der Waals surface area contributed by atoms with E-state index >= 15 is 0 Å². The van der Waals surface area contributed by atoms with Gasteiger partial charge in [0.05, 0.1) is 24.1 Å². The molecule has 3 aromatic heterocycles. The minimum Gasteiger partial charge on any atom is -0.472 e.